The van der Waals surface area contributed by atoms with Gasteiger partial charge in [0.2, 0.25) is 0 Å². The van der Waals surface area contributed by atoms with Crippen molar-refractivity contribution in [2.75, 3.05) is 20.3 Å². The summed E-state index contributed by atoms with van der Waals surface area (Å²) in [4.78, 5) is 24.8. The van der Waals surface area contributed by atoms with Gasteiger partial charge in [0.25, 0.3) is 5.91 Å². The van der Waals surface area contributed by atoms with Gasteiger partial charge in [-0.25, -0.2) is 0 Å². The molecule has 8 heteroatoms. The maximum absolute atomic E-state index is 12.4. The number of carbonyl (C=O) groups is 2. The van der Waals surface area contributed by atoms with E-state index >= 15 is 0 Å². The van der Waals surface area contributed by atoms with Crippen LogP contribution >= 0.6 is 24.0 Å². The first kappa shape index (κ1) is 21.2. The molecular weight excluding hydrogens is 386 g/mol. The Morgan fingerprint density at radius 2 is 2.11 bits per heavy atom. The quantitative estimate of drug-likeness (QED) is 0.334. The molecule has 0 bridgehead atoms. The van der Waals surface area contributed by atoms with Crippen LogP contribution in [0.4, 0.5) is 0 Å². The molecule has 1 heterocycles. The summed E-state index contributed by atoms with van der Waals surface area (Å²) in [5.41, 5.74) is 0.771. The van der Waals surface area contributed by atoms with Gasteiger partial charge in [0.15, 0.2) is 11.5 Å². The Labute approximate surface area is 168 Å². The average molecular weight is 409 g/mol. The monoisotopic (exact) mass is 408 g/mol. The average Bonchev–Trinajstić information content (AvgIpc) is 2.90. The molecule has 0 aromatic heterocycles. The third-order valence-corrected chi connectivity index (χ3v) is 5.28. The van der Waals surface area contributed by atoms with Crippen LogP contribution in [-0.4, -0.2) is 41.4 Å². The van der Waals surface area contributed by atoms with Crippen LogP contribution in [0.1, 0.15) is 38.2 Å². The number of rotatable bonds is 10. The Hall–Kier alpha value is -2.06. The Bertz CT molecular complexity index is 748. The molecule has 1 fully saturated rings. The van der Waals surface area contributed by atoms with Gasteiger partial charge in [-0.2, -0.15) is 0 Å². The molecule has 146 valence electrons. The molecule has 2 rings (SSSR count). The van der Waals surface area contributed by atoms with Crippen molar-refractivity contribution in [3.63, 3.8) is 0 Å². The third kappa shape index (κ3) is 5.97. The number of amides is 1. The van der Waals surface area contributed by atoms with Crippen LogP contribution in [-0.2, 0) is 9.59 Å². The number of thioether (sulfide) groups is 1. The number of thiocarbonyl (C=S) groups is 1. The van der Waals surface area contributed by atoms with Gasteiger partial charge in [0, 0.05) is 18.9 Å². The van der Waals surface area contributed by atoms with Gasteiger partial charge in [-0.15, -0.1) is 0 Å². The van der Waals surface area contributed by atoms with E-state index in [0.717, 1.165) is 36.6 Å². The summed E-state index contributed by atoms with van der Waals surface area (Å²) in [6.45, 7) is 2.77. The lowest BCUT2D eigenvalue weighted by Crippen LogP contribution is -2.33. The van der Waals surface area contributed by atoms with E-state index in [1.807, 2.05) is 12.1 Å². The lowest BCUT2D eigenvalue weighted by atomic mass is 10.2. The van der Waals surface area contributed by atoms with Crippen molar-refractivity contribution in [1.29, 1.82) is 0 Å². The smallest absolute Gasteiger partial charge is 0.266 e. The number of hydrogen-bond donors (Lipinski definition) is 0. The predicted molar refractivity (Wildman–Crippen MR) is 108 cm³/mol. The number of carbonyl (C=O) groups excluding carboxylic acids is 2. The Morgan fingerprint density at radius 3 is 2.78 bits per heavy atom. The molecule has 1 aliphatic heterocycles. The number of methoxy groups -OCH3 is 1. The van der Waals surface area contributed by atoms with E-state index in [1.54, 1.807) is 19.3 Å². The van der Waals surface area contributed by atoms with Gasteiger partial charge in [0.1, 0.15) is 4.32 Å². The van der Waals surface area contributed by atoms with Crippen molar-refractivity contribution in [1.82, 2.24) is 4.90 Å². The predicted octanol–water partition coefficient (Wildman–Crippen LogP) is 2.61. The SMILES string of the molecule is CCCCCOc1ccc(/C=C2/SC(=S)N(CCC(=O)[O-])C2=O)cc1OC. The molecule has 0 unspecified atom stereocenters. The van der Waals surface area contributed by atoms with Gasteiger partial charge >= 0.3 is 0 Å². The Kier molecular flexibility index (Phi) is 8.12. The van der Waals surface area contributed by atoms with E-state index in [2.05, 4.69) is 6.92 Å². The molecule has 1 aromatic rings. The molecule has 0 radical (unpaired) electrons. The maximum atomic E-state index is 12.4. The Morgan fingerprint density at radius 1 is 1.33 bits per heavy atom. The highest BCUT2D eigenvalue weighted by atomic mass is 32.2. The van der Waals surface area contributed by atoms with Gasteiger partial charge in [-0.05, 0) is 30.2 Å². The molecule has 1 aromatic carbocycles. The molecule has 27 heavy (non-hydrogen) atoms. The second-order valence-corrected chi connectivity index (χ2v) is 7.60. The molecule has 1 saturated heterocycles. The van der Waals surface area contributed by atoms with E-state index in [-0.39, 0.29) is 18.9 Å². The number of carboxylic acids is 1. The van der Waals surface area contributed by atoms with Crippen LogP contribution in [0.15, 0.2) is 23.1 Å². The Balaban J connectivity index is 2.10. The zero-order valence-corrected chi connectivity index (χ0v) is 17.0. The summed E-state index contributed by atoms with van der Waals surface area (Å²) in [7, 11) is 1.57. The third-order valence-electron chi connectivity index (χ3n) is 3.90. The number of aliphatic carboxylic acids is 1. The largest absolute Gasteiger partial charge is 0.550 e. The van der Waals surface area contributed by atoms with Crippen molar-refractivity contribution in [3.8, 4) is 11.5 Å². The van der Waals surface area contributed by atoms with Crippen molar-refractivity contribution in [2.45, 2.75) is 32.6 Å². The van der Waals surface area contributed by atoms with E-state index in [4.69, 9.17) is 21.7 Å². The molecule has 1 amide bonds. The maximum Gasteiger partial charge on any atom is 0.266 e. The summed E-state index contributed by atoms with van der Waals surface area (Å²) in [5.74, 6) is -0.266. The minimum absolute atomic E-state index is 0.0121. The van der Waals surface area contributed by atoms with Crippen LogP contribution in [0, 0.1) is 0 Å². The lowest BCUT2D eigenvalue weighted by Gasteiger charge is -2.14. The molecule has 6 nitrogen and oxygen atoms in total. The van der Waals surface area contributed by atoms with Crippen molar-refractivity contribution in [3.05, 3.63) is 28.7 Å². The van der Waals surface area contributed by atoms with Gasteiger partial charge in [-0.1, -0.05) is 49.8 Å². The van der Waals surface area contributed by atoms with E-state index in [0.29, 0.717) is 27.3 Å². The minimum Gasteiger partial charge on any atom is -0.550 e. The first-order valence-electron chi connectivity index (χ1n) is 8.72. The minimum atomic E-state index is -1.22. The number of carboxylic acid groups (broad SMARTS) is 1. The first-order chi connectivity index (χ1) is 13.0. The summed E-state index contributed by atoms with van der Waals surface area (Å²) >= 11 is 6.32. The summed E-state index contributed by atoms with van der Waals surface area (Å²) in [6.07, 6.45) is 4.68. The van der Waals surface area contributed by atoms with Crippen LogP contribution in [0.5, 0.6) is 11.5 Å². The normalized spacial score (nSPS) is 15.5. The molecule has 0 N–H and O–H groups in total. The molecule has 0 saturated carbocycles. The fourth-order valence-electron chi connectivity index (χ4n) is 2.47. The van der Waals surface area contributed by atoms with E-state index < -0.39 is 5.97 Å². The van der Waals surface area contributed by atoms with Crippen LogP contribution in [0.3, 0.4) is 0 Å². The van der Waals surface area contributed by atoms with Crippen LogP contribution in [0.25, 0.3) is 6.08 Å². The summed E-state index contributed by atoms with van der Waals surface area (Å²) < 4.78 is 11.5. The molecular formula is C19H22NO5S2-. The molecule has 1 aliphatic rings. The highest BCUT2D eigenvalue weighted by Gasteiger charge is 2.31. The molecule has 0 spiro atoms. The van der Waals surface area contributed by atoms with Crippen LogP contribution in [0.2, 0.25) is 0 Å². The number of ether oxygens (including phenoxy) is 2. The number of benzene rings is 1. The molecule has 0 atom stereocenters. The fraction of sp³-hybridized carbons (Fsp3) is 0.421. The second-order valence-electron chi connectivity index (χ2n) is 5.92. The van der Waals surface area contributed by atoms with Crippen molar-refractivity contribution in [2.24, 2.45) is 0 Å². The lowest BCUT2D eigenvalue weighted by molar-refractivity contribution is -0.305. The number of unbranched alkanes of at least 4 members (excludes halogenated alkanes) is 2. The number of hydrogen-bond acceptors (Lipinski definition) is 7. The van der Waals surface area contributed by atoms with Gasteiger partial charge in [0.05, 0.1) is 18.6 Å². The first-order valence-corrected chi connectivity index (χ1v) is 9.94. The second kappa shape index (κ2) is 10.3. The van der Waals surface area contributed by atoms with E-state index in [1.165, 1.54) is 4.90 Å². The zero-order chi connectivity index (χ0) is 19.8. The topological polar surface area (TPSA) is 78.9 Å². The highest BCUT2D eigenvalue weighted by Crippen LogP contribution is 2.34. The standard InChI is InChI=1S/C19H23NO5S2/c1-3-4-5-10-25-14-7-6-13(11-15(14)24-2)12-16-18(23)20(19(26)27-16)9-8-17(21)22/h6-7,11-12H,3-5,8-10H2,1-2H3,(H,21,22)/p-1/b16-12+. The summed E-state index contributed by atoms with van der Waals surface area (Å²) in [5, 5.41) is 10.6. The highest BCUT2D eigenvalue weighted by molar-refractivity contribution is 8.26. The van der Waals surface area contributed by atoms with Crippen LogP contribution < -0.4 is 14.6 Å². The molecule has 0 aliphatic carbocycles. The van der Waals surface area contributed by atoms with Gasteiger partial charge < -0.3 is 19.4 Å². The number of nitrogens with zero attached hydrogens (tertiary/aromatic N) is 1. The zero-order valence-electron chi connectivity index (χ0n) is 15.4. The van der Waals surface area contributed by atoms with Crippen molar-refractivity contribution >= 4 is 46.3 Å². The summed E-state index contributed by atoms with van der Waals surface area (Å²) in [6, 6.07) is 5.45. The fourth-order valence-corrected chi connectivity index (χ4v) is 3.78. The van der Waals surface area contributed by atoms with Gasteiger partial charge in [-0.3, -0.25) is 9.69 Å². The van der Waals surface area contributed by atoms with E-state index in [9.17, 15) is 14.7 Å². The van der Waals surface area contributed by atoms with Crippen molar-refractivity contribution < 1.29 is 24.2 Å².